The molecule has 0 saturated carbocycles. The lowest BCUT2D eigenvalue weighted by molar-refractivity contribution is 0.0958. The van der Waals surface area contributed by atoms with Gasteiger partial charge in [0.05, 0.1) is 0 Å². The Hall–Kier alpha value is -1.45. The first-order valence-corrected chi connectivity index (χ1v) is 4.50. The van der Waals surface area contributed by atoms with Gasteiger partial charge in [0, 0.05) is 18.2 Å². The molecule has 14 heavy (non-hydrogen) atoms. The van der Waals surface area contributed by atoms with Crippen molar-refractivity contribution in [1.82, 2.24) is 15.3 Å². The molecule has 1 N–H and O–H groups in total. The van der Waals surface area contributed by atoms with Crippen molar-refractivity contribution in [2.45, 2.75) is 26.2 Å². The molecule has 0 radical (unpaired) electrons. The van der Waals surface area contributed by atoms with Crippen LogP contribution in [0.5, 0.6) is 0 Å². The Labute approximate surface area is 83.8 Å². The standard InChI is InChI=1S/C10H15N3O/c1-10(2,3)8-5-7(9(14)11-4)12-6-13-8/h5-6H,1-4H3,(H,11,14). The molecule has 1 heterocycles. The topological polar surface area (TPSA) is 54.9 Å². The molecule has 0 fully saturated rings. The molecule has 0 saturated heterocycles. The van der Waals surface area contributed by atoms with Gasteiger partial charge in [-0.1, -0.05) is 20.8 Å². The number of carbonyl (C=O) groups is 1. The molecular formula is C10H15N3O. The van der Waals surface area contributed by atoms with E-state index >= 15 is 0 Å². The van der Waals surface area contributed by atoms with E-state index in [1.54, 1.807) is 13.1 Å². The summed E-state index contributed by atoms with van der Waals surface area (Å²) in [7, 11) is 1.58. The fraction of sp³-hybridized carbons (Fsp3) is 0.500. The van der Waals surface area contributed by atoms with Crippen LogP contribution in [0.1, 0.15) is 37.0 Å². The molecule has 0 aliphatic carbocycles. The number of hydrogen-bond donors (Lipinski definition) is 1. The number of carbonyl (C=O) groups excluding carboxylic acids is 1. The van der Waals surface area contributed by atoms with Gasteiger partial charge in [-0.15, -0.1) is 0 Å². The van der Waals surface area contributed by atoms with Crippen LogP contribution in [-0.4, -0.2) is 22.9 Å². The number of nitrogens with one attached hydrogen (secondary N) is 1. The third-order valence-electron chi connectivity index (χ3n) is 1.90. The molecule has 4 nitrogen and oxygen atoms in total. The molecule has 0 aliphatic rings. The second-order valence-corrected chi connectivity index (χ2v) is 4.12. The Morgan fingerprint density at radius 1 is 1.36 bits per heavy atom. The summed E-state index contributed by atoms with van der Waals surface area (Å²) < 4.78 is 0. The first kappa shape index (κ1) is 10.6. The molecule has 0 aromatic carbocycles. The summed E-state index contributed by atoms with van der Waals surface area (Å²) in [5, 5.41) is 2.53. The first-order valence-electron chi connectivity index (χ1n) is 4.50. The van der Waals surface area contributed by atoms with Crippen LogP contribution in [0.25, 0.3) is 0 Å². The van der Waals surface area contributed by atoms with Gasteiger partial charge in [0.15, 0.2) is 0 Å². The van der Waals surface area contributed by atoms with E-state index in [1.807, 2.05) is 20.8 Å². The zero-order valence-electron chi connectivity index (χ0n) is 8.96. The van der Waals surface area contributed by atoms with E-state index < -0.39 is 0 Å². The summed E-state index contributed by atoms with van der Waals surface area (Å²) in [6.07, 6.45) is 1.42. The number of amides is 1. The molecule has 1 amide bonds. The summed E-state index contributed by atoms with van der Waals surface area (Å²) in [6.45, 7) is 6.13. The van der Waals surface area contributed by atoms with Crippen molar-refractivity contribution in [2.24, 2.45) is 0 Å². The average molecular weight is 193 g/mol. The van der Waals surface area contributed by atoms with Crippen molar-refractivity contribution in [3.63, 3.8) is 0 Å². The Morgan fingerprint density at radius 3 is 2.50 bits per heavy atom. The third kappa shape index (κ3) is 2.28. The largest absolute Gasteiger partial charge is 0.354 e. The average Bonchev–Trinajstić information content (AvgIpc) is 2.15. The fourth-order valence-electron chi connectivity index (χ4n) is 1.02. The predicted octanol–water partition coefficient (Wildman–Crippen LogP) is 1.13. The van der Waals surface area contributed by atoms with Crippen LogP contribution in [0.15, 0.2) is 12.4 Å². The van der Waals surface area contributed by atoms with E-state index in [0.717, 1.165) is 5.69 Å². The second-order valence-electron chi connectivity index (χ2n) is 4.12. The highest BCUT2D eigenvalue weighted by molar-refractivity contribution is 5.92. The SMILES string of the molecule is CNC(=O)c1cc(C(C)(C)C)ncn1. The number of nitrogens with zero attached hydrogens (tertiary/aromatic N) is 2. The van der Waals surface area contributed by atoms with Crippen molar-refractivity contribution < 1.29 is 4.79 Å². The second kappa shape index (κ2) is 3.74. The molecule has 1 rings (SSSR count). The highest BCUT2D eigenvalue weighted by Gasteiger charge is 2.17. The summed E-state index contributed by atoms with van der Waals surface area (Å²) in [5.74, 6) is -0.182. The van der Waals surface area contributed by atoms with Crippen molar-refractivity contribution in [1.29, 1.82) is 0 Å². The van der Waals surface area contributed by atoms with E-state index in [2.05, 4.69) is 15.3 Å². The van der Waals surface area contributed by atoms with Gasteiger partial charge in [-0.05, 0) is 6.07 Å². The smallest absolute Gasteiger partial charge is 0.269 e. The quantitative estimate of drug-likeness (QED) is 0.727. The molecule has 4 heteroatoms. The molecular weight excluding hydrogens is 178 g/mol. The minimum atomic E-state index is -0.182. The number of aromatic nitrogens is 2. The minimum Gasteiger partial charge on any atom is -0.354 e. The molecule has 76 valence electrons. The van der Waals surface area contributed by atoms with Crippen LogP contribution in [0.2, 0.25) is 0 Å². The van der Waals surface area contributed by atoms with Crippen LogP contribution in [-0.2, 0) is 5.41 Å². The molecule has 0 atom stereocenters. The summed E-state index contributed by atoms with van der Waals surface area (Å²) in [5.41, 5.74) is 1.21. The highest BCUT2D eigenvalue weighted by atomic mass is 16.1. The van der Waals surface area contributed by atoms with E-state index in [1.165, 1.54) is 6.33 Å². The normalized spacial score (nSPS) is 11.1. The zero-order valence-corrected chi connectivity index (χ0v) is 8.96. The van der Waals surface area contributed by atoms with Crippen molar-refractivity contribution in [3.05, 3.63) is 23.8 Å². The molecule has 0 bridgehead atoms. The Bertz CT molecular complexity index is 341. The van der Waals surface area contributed by atoms with Crippen LogP contribution in [0, 0.1) is 0 Å². The number of hydrogen-bond acceptors (Lipinski definition) is 3. The van der Waals surface area contributed by atoms with Crippen LogP contribution in [0.4, 0.5) is 0 Å². The van der Waals surface area contributed by atoms with E-state index in [9.17, 15) is 4.79 Å². The van der Waals surface area contributed by atoms with Crippen molar-refractivity contribution >= 4 is 5.91 Å². The summed E-state index contributed by atoms with van der Waals surface area (Å²) in [6, 6.07) is 1.72. The van der Waals surface area contributed by atoms with Crippen LogP contribution < -0.4 is 5.32 Å². The maximum absolute atomic E-state index is 11.3. The molecule has 1 aromatic rings. The predicted molar refractivity (Wildman–Crippen MR) is 54.1 cm³/mol. The van der Waals surface area contributed by atoms with E-state index in [-0.39, 0.29) is 11.3 Å². The van der Waals surface area contributed by atoms with Gasteiger partial charge in [0.2, 0.25) is 0 Å². The summed E-state index contributed by atoms with van der Waals surface area (Å²) in [4.78, 5) is 19.3. The molecule has 1 aromatic heterocycles. The van der Waals surface area contributed by atoms with Crippen molar-refractivity contribution in [3.8, 4) is 0 Å². The van der Waals surface area contributed by atoms with Crippen molar-refractivity contribution in [2.75, 3.05) is 7.05 Å². The fourth-order valence-corrected chi connectivity index (χ4v) is 1.02. The molecule has 0 unspecified atom stereocenters. The Balaban J connectivity index is 3.08. The van der Waals surface area contributed by atoms with Gasteiger partial charge in [-0.3, -0.25) is 4.79 Å². The Morgan fingerprint density at radius 2 is 2.00 bits per heavy atom. The molecule has 0 spiro atoms. The Kier molecular flexibility index (Phi) is 2.84. The van der Waals surface area contributed by atoms with Crippen LogP contribution in [0.3, 0.4) is 0 Å². The zero-order chi connectivity index (χ0) is 10.8. The van der Waals surface area contributed by atoms with Gasteiger partial charge in [0.1, 0.15) is 12.0 Å². The lowest BCUT2D eigenvalue weighted by Crippen LogP contribution is -2.21. The monoisotopic (exact) mass is 193 g/mol. The van der Waals surface area contributed by atoms with Gasteiger partial charge in [0.25, 0.3) is 5.91 Å². The first-order chi connectivity index (χ1) is 6.45. The van der Waals surface area contributed by atoms with Gasteiger partial charge in [-0.25, -0.2) is 9.97 Å². The third-order valence-corrected chi connectivity index (χ3v) is 1.90. The molecule has 0 aliphatic heterocycles. The maximum Gasteiger partial charge on any atom is 0.269 e. The van der Waals surface area contributed by atoms with Gasteiger partial charge < -0.3 is 5.32 Å². The number of rotatable bonds is 1. The van der Waals surface area contributed by atoms with E-state index in [0.29, 0.717) is 5.69 Å². The maximum atomic E-state index is 11.3. The minimum absolute atomic E-state index is 0.0638. The lowest BCUT2D eigenvalue weighted by atomic mass is 9.91. The highest BCUT2D eigenvalue weighted by Crippen LogP contribution is 2.19. The lowest BCUT2D eigenvalue weighted by Gasteiger charge is -2.17. The van der Waals surface area contributed by atoms with Gasteiger partial charge >= 0.3 is 0 Å². The van der Waals surface area contributed by atoms with Crippen LogP contribution >= 0.6 is 0 Å². The van der Waals surface area contributed by atoms with Gasteiger partial charge in [-0.2, -0.15) is 0 Å². The van der Waals surface area contributed by atoms with E-state index in [4.69, 9.17) is 0 Å². The summed E-state index contributed by atoms with van der Waals surface area (Å²) >= 11 is 0.